The fourth-order valence-corrected chi connectivity index (χ4v) is 3.10. The Bertz CT molecular complexity index is 1040. The number of carbonyl (C=O) groups excluding carboxylic acids is 2. The van der Waals surface area contributed by atoms with E-state index in [0.717, 1.165) is 16.9 Å². The number of aromatic nitrogens is 2. The molecule has 1 aromatic heterocycles. The Morgan fingerprint density at radius 3 is 2.59 bits per heavy atom. The van der Waals surface area contributed by atoms with E-state index in [1.807, 2.05) is 54.1 Å². The minimum Gasteiger partial charge on any atom is -0.344 e. The van der Waals surface area contributed by atoms with E-state index in [0.29, 0.717) is 24.4 Å². The lowest BCUT2D eigenvalue weighted by Crippen LogP contribution is -2.39. The molecule has 7 nitrogen and oxygen atoms in total. The number of rotatable bonds is 4. The Balaban J connectivity index is 1.50. The summed E-state index contributed by atoms with van der Waals surface area (Å²) in [5, 5.41) is 8.44. The maximum atomic E-state index is 12.6. The summed E-state index contributed by atoms with van der Waals surface area (Å²) in [4.78, 5) is 29.3. The van der Waals surface area contributed by atoms with E-state index in [-0.39, 0.29) is 18.2 Å². The topological polar surface area (TPSA) is 79.6 Å². The quantitative estimate of drug-likeness (QED) is 0.775. The highest BCUT2D eigenvalue weighted by molar-refractivity contribution is 6.40. The summed E-state index contributed by atoms with van der Waals surface area (Å²) in [6.07, 6.45) is 0.587. The molecule has 2 aromatic carbocycles. The van der Waals surface area contributed by atoms with Crippen molar-refractivity contribution in [1.82, 2.24) is 14.9 Å². The van der Waals surface area contributed by atoms with Crippen molar-refractivity contribution >= 4 is 34.2 Å². The van der Waals surface area contributed by atoms with Crippen molar-refractivity contribution in [2.75, 3.05) is 5.01 Å². The van der Waals surface area contributed by atoms with Crippen LogP contribution in [0.3, 0.4) is 0 Å². The number of imidazole rings is 1. The highest BCUT2D eigenvalue weighted by atomic mass is 16.2. The zero-order valence-electron chi connectivity index (χ0n) is 14.9. The maximum absolute atomic E-state index is 12.6. The number of nitrogens with one attached hydrogen (secondary N) is 1. The van der Waals surface area contributed by atoms with E-state index in [2.05, 4.69) is 15.4 Å². The Kier molecular flexibility index (Phi) is 4.42. The zero-order valence-corrected chi connectivity index (χ0v) is 14.9. The average Bonchev–Trinajstić information content (AvgIpc) is 3.03. The van der Waals surface area contributed by atoms with Crippen molar-refractivity contribution < 1.29 is 9.59 Å². The second-order valence-corrected chi connectivity index (χ2v) is 6.35. The standard InChI is InChI=1S/C20H19N5O2/c1-24-17-10-6-5-9-15(17)22-18(24)13-21-20(27)16-11-12-19(26)25(23-16)14-7-3-2-4-8-14/h2-10H,11-13H2,1H3,(H,21,27). The predicted molar refractivity (Wildman–Crippen MR) is 103 cm³/mol. The fraction of sp³-hybridized carbons (Fsp3) is 0.200. The number of hydrogen-bond donors (Lipinski definition) is 1. The van der Waals surface area contributed by atoms with Crippen molar-refractivity contribution in [1.29, 1.82) is 0 Å². The average molecular weight is 361 g/mol. The van der Waals surface area contributed by atoms with Gasteiger partial charge in [-0.15, -0.1) is 0 Å². The first kappa shape index (κ1) is 17.0. The lowest BCUT2D eigenvalue weighted by molar-refractivity contribution is -0.119. The number of hydrogen-bond acceptors (Lipinski definition) is 4. The first-order valence-electron chi connectivity index (χ1n) is 8.77. The van der Waals surface area contributed by atoms with Gasteiger partial charge in [0.25, 0.3) is 5.91 Å². The van der Waals surface area contributed by atoms with Crippen LogP contribution in [0.15, 0.2) is 59.7 Å². The van der Waals surface area contributed by atoms with Gasteiger partial charge in [0, 0.05) is 19.9 Å². The van der Waals surface area contributed by atoms with Gasteiger partial charge < -0.3 is 9.88 Å². The van der Waals surface area contributed by atoms with Crippen molar-refractivity contribution in [3.05, 3.63) is 60.4 Å². The van der Waals surface area contributed by atoms with Gasteiger partial charge in [-0.05, 0) is 24.3 Å². The van der Waals surface area contributed by atoms with Crippen molar-refractivity contribution in [3.63, 3.8) is 0 Å². The molecule has 2 heterocycles. The monoisotopic (exact) mass is 361 g/mol. The molecule has 2 amide bonds. The van der Waals surface area contributed by atoms with Crippen LogP contribution in [0.2, 0.25) is 0 Å². The van der Waals surface area contributed by atoms with Crippen LogP contribution >= 0.6 is 0 Å². The van der Waals surface area contributed by atoms with Gasteiger partial charge >= 0.3 is 0 Å². The highest BCUT2D eigenvalue weighted by Crippen LogP contribution is 2.20. The van der Waals surface area contributed by atoms with Crippen LogP contribution in [0.4, 0.5) is 5.69 Å². The third-order valence-electron chi connectivity index (χ3n) is 4.58. The summed E-state index contributed by atoms with van der Waals surface area (Å²) in [5.74, 6) is 0.362. The van der Waals surface area contributed by atoms with Crippen molar-refractivity contribution in [2.24, 2.45) is 12.1 Å². The van der Waals surface area contributed by atoms with E-state index in [1.54, 1.807) is 12.1 Å². The van der Waals surface area contributed by atoms with Gasteiger partial charge in [0.2, 0.25) is 5.91 Å². The van der Waals surface area contributed by atoms with Gasteiger partial charge in [-0.25, -0.2) is 9.99 Å². The summed E-state index contributed by atoms with van der Waals surface area (Å²) in [7, 11) is 1.92. The van der Waals surface area contributed by atoms with E-state index >= 15 is 0 Å². The normalized spacial score (nSPS) is 14.3. The summed E-state index contributed by atoms with van der Waals surface area (Å²) in [6.45, 7) is 0.294. The largest absolute Gasteiger partial charge is 0.344 e. The van der Waals surface area contributed by atoms with Crippen LogP contribution in [0.25, 0.3) is 11.0 Å². The molecule has 0 aliphatic carbocycles. The molecule has 0 radical (unpaired) electrons. The lowest BCUT2D eigenvalue weighted by Gasteiger charge is -2.23. The van der Waals surface area contributed by atoms with E-state index in [9.17, 15) is 9.59 Å². The number of fused-ring (bicyclic) bond motifs is 1. The first-order chi connectivity index (χ1) is 13.1. The summed E-state index contributed by atoms with van der Waals surface area (Å²) < 4.78 is 1.96. The van der Waals surface area contributed by atoms with Crippen LogP contribution < -0.4 is 10.3 Å². The maximum Gasteiger partial charge on any atom is 0.267 e. The summed E-state index contributed by atoms with van der Waals surface area (Å²) in [5.41, 5.74) is 2.90. The van der Waals surface area contributed by atoms with Crippen LogP contribution in [-0.4, -0.2) is 27.1 Å². The molecule has 4 rings (SSSR count). The van der Waals surface area contributed by atoms with Gasteiger partial charge in [0.05, 0.1) is 23.3 Å². The zero-order chi connectivity index (χ0) is 18.8. The molecule has 0 atom stereocenters. The summed E-state index contributed by atoms with van der Waals surface area (Å²) >= 11 is 0. The number of amides is 2. The second-order valence-electron chi connectivity index (χ2n) is 6.35. The Hall–Kier alpha value is -3.48. The van der Waals surface area contributed by atoms with Crippen LogP contribution in [0, 0.1) is 0 Å². The third-order valence-corrected chi connectivity index (χ3v) is 4.58. The molecule has 0 saturated carbocycles. The molecule has 0 spiro atoms. The van der Waals surface area contributed by atoms with Gasteiger partial charge in [0.1, 0.15) is 11.5 Å². The molecular weight excluding hydrogens is 342 g/mol. The van der Waals surface area contributed by atoms with Gasteiger partial charge in [-0.2, -0.15) is 5.10 Å². The molecule has 7 heteroatoms. The Morgan fingerprint density at radius 2 is 1.81 bits per heavy atom. The molecule has 1 N–H and O–H groups in total. The Morgan fingerprint density at radius 1 is 1.07 bits per heavy atom. The predicted octanol–water partition coefficient (Wildman–Crippen LogP) is 2.37. The fourth-order valence-electron chi connectivity index (χ4n) is 3.10. The number of para-hydroxylation sites is 3. The molecule has 1 aliphatic heterocycles. The van der Waals surface area contributed by atoms with Crippen molar-refractivity contribution in [3.8, 4) is 0 Å². The van der Waals surface area contributed by atoms with Crippen LogP contribution in [0.5, 0.6) is 0 Å². The minimum atomic E-state index is -0.282. The highest BCUT2D eigenvalue weighted by Gasteiger charge is 2.25. The molecule has 0 saturated heterocycles. The van der Waals surface area contributed by atoms with Crippen LogP contribution in [0.1, 0.15) is 18.7 Å². The second kappa shape index (κ2) is 7.03. The molecule has 0 fully saturated rings. The van der Waals surface area contributed by atoms with Gasteiger partial charge in [-0.3, -0.25) is 9.59 Å². The number of anilines is 1. The van der Waals surface area contributed by atoms with Gasteiger partial charge in [-0.1, -0.05) is 30.3 Å². The van der Waals surface area contributed by atoms with Crippen LogP contribution in [-0.2, 0) is 23.2 Å². The molecule has 0 unspecified atom stereocenters. The van der Waals surface area contributed by atoms with Gasteiger partial charge in [0.15, 0.2) is 0 Å². The summed E-state index contributed by atoms with van der Waals surface area (Å²) in [6, 6.07) is 16.9. The molecular formula is C20H19N5O2. The number of hydrazone groups is 1. The molecule has 1 aliphatic rings. The number of benzene rings is 2. The van der Waals surface area contributed by atoms with E-state index < -0.39 is 0 Å². The lowest BCUT2D eigenvalue weighted by atomic mass is 10.1. The van der Waals surface area contributed by atoms with E-state index in [1.165, 1.54) is 5.01 Å². The third kappa shape index (κ3) is 3.31. The smallest absolute Gasteiger partial charge is 0.267 e. The number of nitrogens with zero attached hydrogens (tertiary/aromatic N) is 4. The molecule has 27 heavy (non-hydrogen) atoms. The van der Waals surface area contributed by atoms with E-state index in [4.69, 9.17) is 0 Å². The molecule has 136 valence electrons. The first-order valence-corrected chi connectivity index (χ1v) is 8.77. The molecule has 0 bridgehead atoms. The number of carbonyl (C=O) groups is 2. The SMILES string of the molecule is Cn1c(CNC(=O)C2=NN(c3ccccc3)C(=O)CC2)nc2ccccc21. The number of aryl methyl sites for hydroxylation is 1. The minimum absolute atomic E-state index is 0.117. The molecule has 3 aromatic rings. The van der Waals surface area contributed by atoms with Crippen molar-refractivity contribution in [2.45, 2.75) is 19.4 Å². The Labute approximate surface area is 156 Å².